The van der Waals surface area contributed by atoms with Crippen LogP contribution in [0, 0.1) is 11.8 Å². The van der Waals surface area contributed by atoms with E-state index in [2.05, 4.69) is 22.3 Å². The smallest absolute Gasteiger partial charge is 0.328 e. The Balaban J connectivity index is 5.10. The fraction of sp³-hybridized carbons (Fsp3) is 0.811. The summed E-state index contributed by atoms with van der Waals surface area (Å²) in [7, 11) is 3.59. The number of esters is 4. The largest absolute Gasteiger partial charge is 0.469 e. The molecule has 0 aromatic rings. The first-order chi connectivity index (χ1) is 24.2. The number of ether oxygens (including phenoxy) is 4. The molecule has 0 fully saturated rings. The zero-order valence-corrected chi connectivity index (χ0v) is 32.9. The molecule has 0 aromatic heterocycles. The van der Waals surface area contributed by atoms with Gasteiger partial charge in [-0.3, -0.25) is 28.8 Å². The first-order valence-electron chi connectivity index (χ1n) is 18.3. The fourth-order valence-corrected chi connectivity index (χ4v) is 6.43. The molecule has 0 aromatic carbocycles. The van der Waals surface area contributed by atoms with Crippen molar-refractivity contribution in [2.24, 2.45) is 11.8 Å². The van der Waals surface area contributed by atoms with Gasteiger partial charge < -0.3 is 29.6 Å². The molecule has 0 radical (unpaired) electrons. The predicted molar refractivity (Wildman–Crippen MR) is 196 cm³/mol. The Hall–Kier alpha value is -3.16. The summed E-state index contributed by atoms with van der Waals surface area (Å²) in [4.78, 5) is 87.5. The normalized spacial score (nSPS) is 12.9. The van der Waals surface area contributed by atoms with Gasteiger partial charge in [-0.05, 0) is 33.6 Å². The maximum Gasteiger partial charge on any atom is 0.328 e. The molecule has 0 saturated carbocycles. The van der Waals surface area contributed by atoms with Gasteiger partial charge in [-0.1, -0.05) is 71.1 Å². The van der Waals surface area contributed by atoms with Crippen molar-refractivity contribution >= 4 is 53.2 Å². The van der Waals surface area contributed by atoms with E-state index in [0.717, 1.165) is 19.3 Å². The zero-order valence-electron chi connectivity index (χ0n) is 32.1. The van der Waals surface area contributed by atoms with E-state index in [1.54, 1.807) is 20.8 Å². The Labute approximate surface area is 309 Å². The van der Waals surface area contributed by atoms with E-state index >= 15 is 0 Å². The van der Waals surface area contributed by atoms with Crippen molar-refractivity contribution in [2.45, 2.75) is 142 Å². The van der Waals surface area contributed by atoms with Gasteiger partial charge in [0, 0.05) is 30.8 Å². The van der Waals surface area contributed by atoms with Gasteiger partial charge in [-0.15, -0.1) is 0 Å². The van der Waals surface area contributed by atoms with Crippen LogP contribution in [0.3, 0.4) is 0 Å². The molecule has 0 aliphatic rings. The van der Waals surface area contributed by atoms with Gasteiger partial charge in [0.05, 0.1) is 39.6 Å². The highest BCUT2D eigenvalue weighted by Crippen LogP contribution is 2.22. The molecule has 51 heavy (non-hydrogen) atoms. The van der Waals surface area contributed by atoms with Crippen molar-refractivity contribution in [3.63, 3.8) is 0 Å². The van der Waals surface area contributed by atoms with Crippen LogP contribution in [0.2, 0.25) is 0 Å². The number of unbranched alkanes of at least 4 members (excludes halogenated alkanes) is 10. The van der Waals surface area contributed by atoms with Crippen LogP contribution in [0.1, 0.15) is 130 Å². The Bertz CT molecular complexity index is 1080. The minimum Gasteiger partial charge on any atom is -0.469 e. The van der Waals surface area contributed by atoms with Crippen LogP contribution in [-0.2, 0) is 52.5 Å². The monoisotopic (exact) mass is 744 g/mol. The van der Waals surface area contributed by atoms with E-state index in [-0.39, 0.29) is 55.3 Å². The summed E-state index contributed by atoms with van der Waals surface area (Å²) in [6, 6.07) is -1.02. The molecule has 0 rings (SSSR count). The van der Waals surface area contributed by atoms with Gasteiger partial charge in [0.2, 0.25) is 11.8 Å². The highest BCUT2D eigenvalue weighted by atomic mass is 32.2. The van der Waals surface area contributed by atoms with Crippen LogP contribution < -0.4 is 10.6 Å². The Morgan fingerprint density at radius 3 is 1.73 bits per heavy atom. The summed E-state index contributed by atoms with van der Waals surface area (Å²) < 4.78 is 19.6. The van der Waals surface area contributed by atoms with E-state index in [1.807, 2.05) is 0 Å². The molecule has 0 aliphatic carbocycles. The van der Waals surface area contributed by atoms with E-state index in [1.165, 1.54) is 78.0 Å². The SMILES string of the molecule is CCCCCCCCCCCCCC(=O)N[C@H](CCC(=O)C[C@H](CSC[C@H](CC(=O)OC(C)(C)C)C(=O)OC)C(=O)NCC(=O)OC)C(=O)OC. The standard InChI is InChI=1S/C37H64N2O11S/c1-8-9-10-11-12-13-14-15-16-17-18-19-31(41)39-30(36(46)49-7)21-20-29(40)22-27(34(44)38-24-33(43)47-5)25-51-26-28(35(45)48-6)23-32(42)50-37(2,3)4/h27-28,30H,8-26H2,1-7H3,(H,38,44)(H,39,41)/t27-,28+,30-/m1/s1. The van der Waals surface area contributed by atoms with E-state index in [4.69, 9.17) is 14.2 Å². The third kappa shape index (κ3) is 25.4. The first-order valence-corrected chi connectivity index (χ1v) is 19.4. The van der Waals surface area contributed by atoms with Gasteiger partial charge >= 0.3 is 23.9 Å². The summed E-state index contributed by atoms with van der Waals surface area (Å²) in [6.07, 6.45) is 12.4. The Morgan fingerprint density at radius 2 is 1.20 bits per heavy atom. The fourth-order valence-electron chi connectivity index (χ4n) is 5.21. The van der Waals surface area contributed by atoms with Crippen molar-refractivity contribution in [3.05, 3.63) is 0 Å². The van der Waals surface area contributed by atoms with Gasteiger partial charge in [-0.25, -0.2) is 4.79 Å². The molecule has 0 aliphatic heterocycles. The number of thioether (sulfide) groups is 1. The number of methoxy groups -OCH3 is 3. The number of ketones is 1. The number of rotatable bonds is 29. The second-order valence-corrected chi connectivity index (χ2v) is 14.8. The average molecular weight is 745 g/mol. The lowest BCUT2D eigenvalue weighted by atomic mass is 9.99. The molecule has 3 atom stereocenters. The van der Waals surface area contributed by atoms with Gasteiger partial charge in [0.1, 0.15) is 24.0 Å². The van der Waals surface area contributed by atoms with Gasteiger partial charge in [0.25, 0.3) is 0 Å². The summed E-state index contributed by atoms with van der Waals surface area (Å²) in [5, 5.41) is 5.14. The predicted octanol–water partition coefficient (Wildman–Crippen LogP) is 5.24. The Kier molecular flexibility index (Phi) is 26.7. The van der Waals surface area contributed by atoms with E-state index < -0.39 is 59.8 Å². The molecular formula is C37H64N2O11S. The minimum atomic E-state index is -1.02. The van der Waals surface area contributed by atoms with Crippen molar-refractivity contribution < 1.29 is 52.5 Å². The van der Waals surface area contributed by atoms with Crippen LogP contribution in [0.5, 0.6) is 0 Å². The van der Waals surface area contributed by atoms with Crippen LogP contribution >= 0.6 is 11.8 Å². The number of amides is 2. The molecule has 0 heterocycles. The van der Waals surface area contributed by atoms with Gasteiger partial charge in [0.15, 0.2) is 0 Å². The molecule has 2 amide bonds. The molecule has 0 unspecified atom stereocenters. The minimum absolute atomic E-state index is 0.0144. The lowest BCUT2D eigenvalue weighted by Crippen LogP contribution is -2.42. The third-order valence-corrected chi connectivity index (χ3v) is 9.30. The molecule has 294 valence electrons. The highest BCUT2D eigenvalue weighted by Gasteiger charge is 2.29. The van der Waals surface area contributed by atoms with E-state index in [9.17, 15) is 33.6 Å². The van der Waals surface area contributed by atoms with Crippen LogP contribution in [0.15, 0.2) is 0 Å². The van der Waals surface area contributed by atoms with Crippen LogP contribution in [0.4, 0.5) is 0 Å². The van der Waals surface area contributed by atoms with Crippen LogP contribution in [-0.4, -0.2) is 92.5 Å². The molecule has 0 spiro atoms. The number of carbonyl (C=O) groups excluding carboxylic acids is 7. The Morgan fingerprint density at radius 1 is 0.647 bits per heavy atom. The summed E-state index contributed by atoms with van der Waals surface area (Å²) in [5.74, 6) is -5.32. The first kappa shape index (κ1) is 47.8. The van der Waals surface area contributed by atoms with Crippen molar-refractivity contribution in [1.82, 2.24) is 10.6 Å². The average Bonchev–Trinajstić information content (AvgIpc) is 3.08. The number of hydrogen-bond donors (Lipinski definition) is 2. The van der Waals surface area contributed by atoms with E-state index in [0.29, 0.717) is 6.42 Å². The number of Topliss-reactive ketones (excluding diaryl/α,β-unsaturated/α-hetero) is 1. The summed E-state index contributed by atoms with van der Waals surface area (Å²) in [5.41, 5.74) is -0.740. The molecular weight excluding hydrogens is 680 g/mol. The van der Waals surface area contributed by atoms with Crippen LogP contribution in [0.25, 0.3) is 0 Å². The lowest BCUT2D eigenvalue weighted by Gasteiger charge is -2.22. The zero-order chi connectivity index (χ0) is 38.7. The third-order valence-electron chi connectivity index (χ3n) is 8.03. The molecule has 14 heteroatoms. The topological polar surface area (TPSA) is 180 Å². The molecule has 2 N–H and O–H groups in total. The summed E-state index contributed by atoms with van der Waals surface area (Å²) >= 11 is 1.17. The lowest BCUT2D eigenvalue weighted by molar-refractivity contribution is -0.160. The second kappa shape index (κ2) is 28.4. The molecule has 0 saturated heterocycles. The summed E-state index contributed by atoms with van der Waals surface area (Å²) in [6.45, 7) is 6.95. The second-order valence-electron chi connectivity index (χ2n) is 13.7. The maximum atomic E-state index is 13.1. The number of nitrogens with one attached hydrogen (secondary N) is 2. The molecule has 0 bridgehead atoms. The number of carbonyl (C=O) groups is 7. The molecule has 13 nitrogen and oxygen atoms in total. The van der Waals surface area contributed by atoms with Crippen molar-refractivity contribution in [3.8, 4) is 0 Å². The van der Waals surface area contributed by atoms with Crippen molar-refractivity contribution in [2.75, 3.05) is 39.4 Å². The van der Waals surface area contributed by atoms with Gasteiger partial charge in [-0.2, -0.15) is 11.8 Å². The quantitative estimate of drug-likeness (QED) is 0.0578. The van der Waals surface area contributed by atoms with Crippen molar-refractivity contribution in [1.29, 1.82) is 0 Å². The highest BCUT2D eigenvalue weighted by molar-refractivity contribution is 7.99. The maximum absolute atomic E-state index is 13.1. The number of hydrogen-bond acceptors (Lipinski definition) is 12.